The quantitative estimate of drug-likeness (QED) is 0.600. The molecule has 7 nitrogen and oxygen atoms in total. The Kier molecular flexibility index (Phi) is 8.29. The number of benzene rings is 1. The Morgan fingerprint density at radius 2 is 1.76 bits per heavy atom. The topological polar surface area (TPSA) is 81.6 Å². The van der Waals surface area contributed by atoms with Gasteiger partial charge in [-0.2, -0.15) is 0 Å². The van der Waals surface area contributed by atoms with Crippen molar-refractivity contribution in [1.82, 2.24) is 19.8 Å². The summed E-state index contributed by atoms with van der Waals surface area (Å²) in [5.74, 6) is 0.768. The van der Waals surface area contributed by atoms with Crippen LogP contribution in [-0.2, 0) is 6.42 Å². The molecular formula is C26H37N5O2. The number of aromatic nitrogens is 2. The number of anilines is 1. The first kappa shape index (κ1) is 23.6. The normalized spacial score (nSPS) is 18.4. The molecule has 3 heterocycles. The van der Waals surface area contributed by atoms with Gasteiger partial charge in [0.1, 0.15) is 17.8 Å². The molecule has 2 aliphatic rings. The molecule has 0 aliphatic carbocycles. The van der Waals surface area contributed by atoms with Crippen molar-refractivity contribution in [2.24, 2.45) is 0 Å². The van der Waals surface area contributed by atoms with Crippen molar-refractivity contribution in [1.29, 1.82) is 0 Å². The van der Waals surface area contributed by atoms with Crippen LogP contribution in [0, 0.1) is 6.92 Å². The number of nitrogens with one attached hydrogen (secondary N) is 1. The van der Waals surface area contributed by atoms with E-state index < -0.39 is 0 Å². The van der Waals surface area contributed by atoms with E-state index in [-0.39, 0.29) is 12.0 Å². The van der Waals surface area contributed by atoms with Crippen LogP contribution in [0.1, 0.15) is 60.1 Å². The average Bonchev–Trinajstić information content (AvgIpc) is 2.86. The minimum atomic E-state index is -0.143. The predicted molar refractivity (Wildman–Crippen MR) is 130 cm³/mol. The number of aliphatic hydroxyl groups is 1. The van der Waals surface area contributed by atoms with Crippen LogP contribution in [0.5, 0.6) is 0 Å². The van der Waals surface area contributed by atoms with Gasteiger partial charge >= 0.3 is 0 Å². The van der Waals surface area contributed by atoms with E-state index in [9.17, 15) is 9.90 Å². The van der Waals surface area contributed by atoms with E-state index in [1.54, 1.807) is 0 Å². The van der Waals surface area contributed by atoms with Crippen molar-refractivity contribution in [3.8, 4) is 0 Å². The van der Waals surface area contributed by atoms with Gasteiger partial charge in [-0.3, -0.25) is 4.79 Å². The van der Waals surface area contributed by atoms with Crippen LogP contribution in [0.4, 0.5) is 5.82 Å². The molecule has 2 N–H and O–H groups in total. The Balaban J connectivity index is 1.25. The maximum absolute atomic E-state index is 13.2. The van der Waals surface area contributed by atoms with E-state index >= 15 is 0 Å². The van der Waals surface area contributed by atoms with Gasteiger partial charge in [-0.05, 0) is 57.4 Å². The third-order valence-electron chi connectivity index (χ3n) is 7.08. The van der Waals surface area contributed by atoms with Gasteiger partial charge in [-0.15, -0.1) is 0 Å². The molecule has 0 saturated carbocycles. The van der Waals surface area contributed by atoms with Crippen LogP contribution in [0.3, 0.4) is 0 Å². The molecule has 1 amide bonds. The number of carbonyl (C=O) groups excluding carboxylic acids is 1. The summed E-state index contributed by atoms with van der Waals surface area (Å²) in [5, 5.41) is 13.1. The van der Waals surface area contributed by atoms with E-state index in [1.165, 1.54) is 11.9 Å². The summed E-state index contributed by atoms with van der Waals surface area (Å²) < 4.78 is 0. The largest absolute Gasteiger partial charge is 0.393 e. The van der Waals surface area contributed by atoms with E-state index in [4.69, 9.17) is 0 Å². The Bertz CT molecular complexity index is 891. The molecule has 2 aromatic rings. The summed E-state index contributed by atoms with van der Waals surface area (Å²) in [6.07, 6.45) is 8.27. The van der Waals surface area contributed by atoms with Crippen LogP contribution in [-0.4, -0.2) is 75.7 Å². The Labute approximate surface area is 197 Å². The highest BCUT2D eigenvalue weighted by molar-refractivity contribution is 5.94. The predicted octanol–water partition coefficient (Wildman–Crippen LogP) is 3.28. The third kappa shape index (κ3) is 6.30. The Morgan fingerprint density at radius 3 is 2.48 bits per heavy atom. The number of unbranched alkanes of at least 4 members (excludes halogenated alkanes) is 1. The zero-order chi connectivity index (χ0) is 23.0. The van der Waals surface area contributed by atoms with Gasteiger partial charge in [0.2, 0.25) is 0 Å². The fraction of sp³-hybridized carbons (Fsp3) is 0.577. The summed E-state index contributed by atoms with van der Waals surface area (Å²) >= 11 is 0. The lowest BCUT2D eigenvalue weighted by atomic mass is 9.98. The van der Waals surface area contributed by atoms with E-state index in [0.29, 0.717) is 11.7 Å². The summed E-state index contributed by atoms with van der Waals surface area (Å²) in [5.41, 5.74) is 2.71. The standard InChI is InChI=1S/C26H37N5O2/c1-20-24(26(33)31-15-10-22(11-16-31)30-17-12-23(32)13-18-30)28-19-29-25(20)27-14-6-5-9-21-7-3-2-4-8-21/h2-4,7-8,19,22-23,32H,5-6,9-18H2,1H3,(H,27,28,29). The van der Waals surface area contributed by atoms with E-state index in [0.717, 1.165) is 89.1 Å². The zero-order valence-corrected chi connectivity index (χ0v) is 19.7. The molecule has 178 valence electrons. The zero-order valence-electron chi connectivity index (χ0n) is 19.7. The van der Waals surface area contributed by atoms with Crippen molar-refractivity contribution in [3.63, 3.8) is 0 Å². The highest BCUT2D eigenvalue weighted by atomic mass is 16.3. The first-order chi connectivity index (χ1) is 16.1. The van der Waals surface area contributed by atoms with Gasteiger partial charge in [0.15, 0.2) is 0 Å². The fourth-order valence-corrected chi connectivity index (χ4v) is 4.98. The van der Waals surface area contributed by atoms with Gasteiger partial charge in [0.25, 0.3) is 5.91 Å². The van der Waals surface area contributed by atoms with Crippen LogP contribution in [0.2, 0.25) is 0 Å². The number of hydrogen-bond acceptors (Lipinski definition) is 6. The van der Waals surface area contributed by atoms with Crippen molar-refractivity contribution in [2.45, 2.75) is 64.0 Å². The van der Waals surface area contributed by atoms with Gasteiger partial charge < -0.3 is 20.2 Å². The summed E-state index contributed by atoms with van der Waals surface area (Å²) in [6.45, 7) is 6.21. The molecule has 2 saturated heterocycles. The lowest BCUT2D eigenvalue weighted by molar-refractivity contribution is 0.0355. The summed E-state index contributed by atoms with van der Waals surface area (Å²) in [4.78, 5) is 26.3. The van der Waals surface area contributed by atoms with Crippen molar-refractivity contribution >= 4 is 11.7 Å². The van der Waals surface area contributed by atoms with Gasteiger partial charge in [-0.25, -0.2) is 9.97 Å². The number of nitrogens with zero attached hydrogens (tertiary/aromatic N) is 4. The lowest BCUT2D eigenvalue weighted by Gasteiger charge is -2.41. The summed E-state index contributed by atoms with van der Waals surface area (Å²) in [7, 11) is 0. The van der Waals surface area contributed by atoms with E-state index in [2.05, 4.69) is 44.5 Å². The minimum absolute atomic E-state index is 0.00884. The molecule has 0 spiro atoms. The number of piperidine rings is 2. The number of aliphatic hydroxyl groups excluding tert-OH is 1. The number of carbonyl (C=O) groups is 1. The molecule has 0 atom stereocenters. The fourth-order valence-electron chi connectivity index (χ4n) is 4.98. The molecule has 1 aromatic carbocycles. The van der Waals surface area contributed by atoms with Crippen LogP contribution in [0.15, 0.2) is 36.7 Å². The lowest BCUT2D eigenvalue weighted by Crippen LogP contribution is -2.49. The Morgan fingerprint density at radius 1 is 1.03 bits per heavy atom. The average molecular weight is 452 g/mol. The number of likely N-dealkylation sites (tertiary alicyclic amines) is 2. The second-order valence-corrected chi connectivity index (χ2v) is 9.36. The van der Waals surface area contributed by atoms with Crippen molar-refractivity contribution in [2.75, 3.05) is 38.0 Å². The number of amides is 1. The van der Waals surface area contributed by atoms with Crippen LogP contribution < -0.4 is 5.32 Å². The van der Waals surface area contributed by atoms with E-state index in [1.807, 2.05) is 17.9 Å². The highest BCUT2D eigenvalue weighted by Crippen LogP contribution is 2.23. The highest BCUT2D eigenvalue weighted by Gasteiger charge is 2.30. The SMILES string of the molecule is Cc1c(NCCCCc2ccccc2)ncnc1C(=O)N1CCC(N2CCC(O)CC2)CC1. The second-order valence-electron chi connectivity index (χ2n) is 9.36. The maximum Gasteiger partial charge on any atom is 0.272 e. The number of rotatable bonds is 8. The van der Waals surface area contributed by atoms with Gasteiger partial charge in [-0.1, -0.05) is 30.3 Å². The number of aryl methyl sites for hydroxylation is 1. The maximum atomic E-state index is 13.2. The minimum Gasteiger partial charge on any atom is -0.393 e. The van der Waals surface area contributed by atoms with Crippen LogP contribution >= 0.6 is 0 Å². The van der Waals surface area contributed by atoms with Gasteiger partial charge in [0, 0.05) is 44.3 Å². The monoisotopic (exact) mass is 451 g/mol. The molecule has 1 aromatic heterocycles. The van der Waals surface area contributed by atoms with Crippen LogP contribution in [0.25, 0.3) is 0 Å². The smallest absolute Gasteiger partial charge is 0.272 e. The second kappa shape index (κ2) is 11.6. The molecule has 2 fully saturated rings. The molecule has 4 rings (SSSR count). The molecule has 2 aliphatic heterocycles. The molecular weight excluding hydrogens is 414 g/mol. The Hall–Kier alpha value is -2.51. The first-order valence-corrected chi connectivity index (χ1v) is 12.4. The third-order valence-corrected chi connectivity index (χ3v) is 7.08. The number of hydrogen-bond donors (Lipinski definition) is 2. The summed E-state index contributed by atoms with van der Waals surface area (Å²) in [6, 6.07) is 11.1. The van der Waals surface area contributed by atoms with Gasteiger partial charge in [0.05, 0.1) is 6.10 Å². The molecule has 0 unspecified atom stereocenters. The molecule has 0 bridgehead atoms. The first-order valence-electron chi connectivity index (χ1n) is 12.4. The van der Waals surface area contributed by atoms with Crippen molar-refractivity contribution in [3.05, 3.63) is 53.5 Å². The van der Waals surface area contributed by atoms with Crippen molar-refractivity contribution < 1.29 is 9.90 Å². The molecule has 7 heteroatoms. The molecule has 0 radical (unpaired) electrons. The molecule has 33 heavy (non-hydrogen) atoms.